The van der Waals surface area contributed by atoms with E-state index in [4.69, 9.17) is 10.5 Å². The average Bonchev–Trinajstić information content (AvgIpc) is 3.00. The maximum atomic E-state index is 11.7. The summed E-state index contributed by atoms with van der Waals surface area (Å²) in [5.41, 5.74) is 5.49. The van der Waals surface area contributed by atoms with E-state index in [1.807, 2.05) is 4.90 Å². The van der Waals surface area contributed by atoms with Crippen LogP contribution in [0, 0.1) is 5.92 Å². The number of ether oxygens (including phenoxy) is 1. The van der Waals surface area contributed by atoms with Gasteiger partial charge < -0.3 is 15.4 Å². The Hall–Kier alpha value is -0.610. The van der Waals surface area contributed by atoms with Gasteiger partial charge in [0.25, 0.3) is 0 Å². The lowest BCUT2D eigenvalue weighted by molar-refractivity contribution is -0.139. The second kappa shape index (κ2) is 3.64. The number of amides is 1. The average molecular weight is 184 g/mol. The fourth-order valence-corrected chi connectivity index (χ4v) is 1.65. The van der Waals surface area contributed by atoms with Crippen LogP contribution in [0.4, 0.5) is 0 Å². The third-order valence-electron chi connectivity index (χ3n) is 2.64. The van der Waals surface area contributed by atoms with Crippen LogP contribution in [-0.4, -0.2) is 43.2 Å². The first-order valence-electron chi connectivity index (χ1n) is 4.91. The van der Waals surface area contributed by atoms with Crippen LogP contribution in [0.15, 0.2) is 0 Å². The Bertz CT molecular complexity index is 204. The van der Waals surface area contributed by atoms with Crippen molar-refractivity contribution in [2.75, 3.05) is 26.2 Å². The number of carbonyl (C=O) groups excluding carboxylic acids is 1. The zero-order chi connectivity index (χ0) is 9.26. The molecule has 4 heteroatoms. The molecule has 1 unspecified atom stereocenters. The summed E-state index contributed by atoms with van der Waals surface area (Å²) in [4.78, 5) is 13.6. The molecule has 1 saturated carbocycles. The third-order valence-corrected chi connectivity index (χ3v) is 2.64. The minimum absolute atomic E-state index is 0.0523. The maximum absolute atomic E-state index is 11.7. The summed E-state index contributed by atoms with van der Waals surface area (Å²) < 4.78 is 5.39. The zero-order valence-electron chi connectivity index (χ0n) is 7.74. The molecule has 1 atom stereocenters. The highest BCUT2D eigenvalue weighted by Crippen LogP contribution is 2.31. The minimum Gasteiger partial charge on any atom is -0.373 e. The Morgan fingerprint density at radius 1 is 1.54 bits per heavy atom. The summed E-state index contributed by atoms with van der Waals surface area (Å²) in [6, 6.07) is 0. The largest absolute Gasteiger partial charge is 0.373 e. The van der Waals surface area contributed by atoms with Crippen LogP contribution in [0.1, 0.15) is 12.8 Å². The molecule has 0 radical (unpaired) electrons. The molecule has 2 aliphatic rings. The highest BCUT2D eigenvalue weighted by Gasteiger charge is 2.35. The van der Waals surface area contributed by atoms with Crippen molar-refractivity contribution in [2.24, 2.45) is 11.7 Å². The lowest BCUT2D eigenvalue weighted by Crippen LogP contribution is -2.48. The quantitative estimate of drug-likeness (QED) is 0.634. The van der Waals surface area contributed by atoms with Gasteiger partial charge in [-0.2, -0.15) is 0 Å². The molecule has 1 saturated heterocycles. The molecule has 2 rings (SSSR count). The van der Waals surface area contributed by atoms with Gasteiger partial charge in [0, 0.05) is 25.6 Å². The van der Waals surface area contributed by atoms with Gasteiger partial charge in [-0.3, -0.25) is 4.79 Å². The van der Waals surface area contributed by atoms with Crippen molar-refractivity contribution in [3.63, 3.8) is 0 Å². The Morgan fingerprint density at radius 3 is 2.92 bits per heavy atom. The number of hydrogen-bond acceptors (Lipinski definition) is 3. The molecule has 0 bridgehead atoms. The van der Waals surface area contributed by atoms with Crippen LogP contribution in [0.25, 0.3) is 0 Å². The Balaban J connectivity index is 1.87. The fourth-order valence-electron chi connectivity index (χ4n) is 1.65. The number of nitrogens with zero attached hydrogens (tertiary/aromatic N) is 1. The van der Waals surface area contributed by atoms with Gasteiger partial charge in [-0.15, -0.1) is 0 Å². The predicted octanol–water partition coefficient (Wildman–Crippen LogP) is -0.418. The Morgan fingerprint density at radius 2 is 2.31 bits per heavy atom. The van der Waals surface area contributed by atoms with Gasteiger partial charge in [-0.25, -0.2) is 0 Å². The first-order valence-corrected chi connectivity index (χ1v) is 4.91. The summed E-state index contributed by atoms with van der Waals surface area (Å²) in [5, 5.41) is 0. The van der Waals surface area contributed by atoms with Crippen molar-refractivity contribution in [3.8, 4) is 0 Å². The topological polar surface area (TPSA) is 55.6 Å². The number of hydrogen-bond donors (Lipinski definition) is 1. The lowest BCUT2D eigenvalue weighted by atomic mass is 10.2. The molecule has 0 aromatic rings. The van der Waals surface area contributed by atoms with E-state index in [0.29, 0.717) is 31.5 Å². The molecule has 4 nitrogen and oxygen atoms in total. The van der Waals surface area contributed by atoms with Crippen LogP contribution in [0.2, 0.25) is 0 Å². The highest BCUT2D eigenvalue weighted by atomic mass is 16.5. The molecule has 1 aliphatic heterocycles. The standard InChI is InChI=1S/C9H16N2O2/c10-5-8-6-11(3-4-13-8)9(12)7-1-2-7/h7-8H,1-6,10H2. The van der Waals surface area contributed by atoms with Gasteiger partial charge in [0.1, 0.15) is 0 Å². The van der Waals surface area contributed by atoms with E-state index in [1.54, 1.807) is 0 Å². The van der Waals surface area contributed by atoms with E-state index in [1.165, 1.54) is 0 Å². The molecule has 1 heterocycles. The normalized spacial score (nSPS) is 29.0. The lowest BCUT2D eigenvalue weighted by Gasteiger charge is -2.32. The van der Waals surface area contributed by atoms with Crippen molar-refractivity contribution >= 4 is 5.91 Å². The summed E-state index contributed by atoms with van der Waals surface area (Å²) in [6.45, 7) is 2.58. The molecule has 1 aliphatic carbocycles. The third kappa shape index (κ3) is 2.00. The van der Waals surface area contributed by atoms with Gasteiger partial charge >= 0.3 is 0 Å². The number of rotatable bonds is 2. The van der Waals surface area contributed by atoms with Crippen molar-refractivity contribution in [1.82, 2.24) is 4.90 Å². The molecule has 0 aromatic carbocycles. The molecule has 74 valence electrons. The van der Waals surface area contributed by atoms with E-state index < -0.39 is 0 Å². The van der Waals surface area contributed by atoms with Crippen LogP contribution in [0.3, 0.4) is 0 Å². The smallest absolute Gasteiger partial charge is 0.225 e. The van der Waals surface area contributed by atoms with Gasteiger partial charge in [0.2, 0.25) is 5.91 Å². The second-order valence-electron chi connectivity index (χ2n) is 3.79. The van der Waals surface area contributed by atoms with Gasteiger partial charge in [-0.05, 0) is 12.8 Å². The van der Waals surface area contributed by atoms with Crippen molar-refractivity contribution in [2.45, 2.75) is 18.9 Å². The summed E-state index contributed by atoms with van der Waals surface area (Å²) in [7, 11) is 0. The molecule has 2 fully saturated rings. The summed E-state index contributed by atoms with van der Waals surface area (Å²) in [5.74, 6) is 0.623. The minimum atomic E-state index is 0.0523. The molecular formula is C9H16N2O2. The van der Waals surface area contributed by atoms with Crippen molar-refractivity contribution in [3.05, 3.63) is 0 Å². The first kappa shape index (κ1) is 8.97. The van der Waals surface area contributed by atoms with Crippen LogP contribution in [0.5, 0.6) is 0 Å². The monoisotopic (exact) mass is 184 g/mol. The highest BCUT2D eigenvalue weighted by molar-refractivity contribution is 5.81. The molecule has 13 heavy (non-hydrogen) atoms. The van der Waals surface area contributed by atoms with E-state index in [0.717, 1.165) is 19.4 Å². The Labute approximate surface area is 78.0 Å². The van der Waals surface area contributed by atoms with Gasteiger partial charge in [-0.1, -0.05) is 0 Å². The fraction of sp³-hybridized carbons (Fsp3) is 0.889. The van der Waals surface area contributed by atoms with E-state index in [9.17, 15) is 4.79 Å². The number of carbonyl (C=O) groups is 1. The summed E-state index contributed by atoms with van der Waals surface area (Å²) in [6.07, 6.45) is 2.20. The molecule has 1 amide bonds. The van der Waals surface area contributed by atoms with Gasteiger partial charge in [0.15, 0.2) is 0 Å². The number of morpholine rings is 1. The number of nitrogens with two attached hydrogens (primary N) is 1. The van der Waals surface area contributed by atoms with E-state index >= 15 is 0 Å². The van der Waals surface area contributed by atoms with Crippen LogP contribution in [-0.2, 0) is 9.53 Å². The molecule has 0 spiro atoms. The summed E-state index contributed by atoms with van der Waals surface area (Å²) >= 11 is 0. The van der Waals surface area contributed by atoms with Gasteiger partial charge in [0.05, 0.1) is 12.7 Å². The second-order valence-corrected chi connectivity index (χ2v) is 3.79. The van der Waals surface area contributed by atoms with E-state index in [2.05, 4.69) is 0 Å². The zero-order valence-corrected chi connectivity index (χ0v) is 7.74. The molecule has 0 aromatic heterocycles. The molecular weight excluding hydrogens is 168 g/mol. The SMILES string of the molecule is NCC1CN(C(=O)C2CC2)CCO1. The van der Waals surface area contributed by atoms with Crippen LogP contribution >= 0.6 is 0 Å². The van der Waals surface area contributed by atoms with E-state index in [-0.39, 0.29) is 6.10 Å². The molecule has 2 N–H and O–H groups in total. The Kier molecular flexibility index (Phi) is 2.51. The maximum Gasteiger partial charge on any atom is 0.225 e. The predicted molar refractivity (Wildman–Crippen MR) is 48.1 cm³/mol. The van der Waals surface area contributed by atoms with Crippen molar-refractivity contribution < 1.29 is 9.53 Å². The first-order chi connectivity index (χ1) is 6.31. The van der Waals surface area contributed by atoms with Crippen LogP contribution < -0.4 is 5.73 Å². The van der Waals surface area contributed by atoms with Crippen molar-refractivity contribution in [1.29, 1.82) is 0 Å².